The quantitative estimate of drug-likeness (QED) is 0.598. The van der Waals surface area contributed by atoms with Gasteiger partial charge in [0.2, 0.25) is 0 Å². The summed E-state index contributed by atoms with van der Waals surface area (Å²) in [6.07, 6.45) is 9.10. The molecule has 0 aliphatic rings. The summed E-state index contributed by atoms with van der Waals surface area (Å²) in [6, 6.07) is 1.74. The lowest BCUT2D eigenvalue weighted by atomic mass is 10.1. The van der Waals surface area contributed by atoms with Crippen molar-refractivity contribution in [2.24, 2.45) is 0 Å². The molecule has 1 heterocycles. The number of carbonyl (C=O) groups excluding carboxylic acids is 1. The molecule has 0 radical (unpaired) electrons. The van der Waals surface area contributed by atoms with E-state index in [0.29, 0.717) is 18.4 Å². The molecular weight excluding hydrogens is 230 g/mol. The van der Waals surface area contributed by atoms with Crippen molar-refractivity contribution in [3.05, 3.63) is 28.5 Å². The number of hydrogen-bond donors (Lipinski definition) is 0. The maximum Gasteiger partial charge on any atom is 0.165 e. The summed E-state index contributed by atoms with van der Waals surface area (Å²) in [7, 11) is 0. The molecule has 0 amide bonds. The van der Waals surface area contributed by atoms with Crippen LogP contribution in [0.3, 0.4) is 0 Å². The van der Waals surface area contributed by atoms with E-state index in [4.69, 9.17) is 6.42 Å². The summed E-state index contributed by atoms with van der Waals surface area (Å²) in [5.41, 5.74) is 0.602. The van der Waals surface area contributed by atoms with Crippen molar-refractivity contribution in [3.63, 3.8) is 0 Å². The van der Waals surface area contributed by atoms with Crippen LogP contribution in [-0.2, 0) is 0 Å². The Bertz CT molecular complexity index is 354. The van der Waals surface area contributed by atoms with E-state index in [9.17, 15) is 4.79 Å². The largest absolute Gasteiger partial charge is 0.294 e. The van der Waals surface area contributed by atoms with Crippen molar-refractivity contribution in [2.75, 3.05) is 0 Å². The number of terminal acetylenes is 1. The van der Waals surface area contributed by atoms with Crippen LogP contribution in [-0.4, -0.2) is 10.8 Å². The minimum absolute atomic E-state index is 0.0340. The molecule has 0 saturated carbocycles. The van der Waals surface area contributed by atoms with Gasteiger partial charge < -0.3 is 0 Å². The van der Waals surface area contributed by atoms with Crippen molar-refractivity contribution >= 4 is 21.7 Å². The van der Waals surface area contributed by atoms with Gasteiger partial charge in [-0.2, -0.15) is 0 Å². The van der Waals surface area contributed by atoms with Crippen molar-refractivity contribution < 1.29 is 4.79 Å². The third-order valence-electron chi connectivity index (χ3n) is 1.52. The molecule has 0 bridgehead atoms. The van der Waals surface area contributed by atoms with E-state index in [1.54, 1.807) is 18.5 Å². The van der Waals surface area contributed by atoms with Crippen LogP contribution in [0.2, 0.25) is 0 Å². The first kappa shape index (κ1) is 9.94. The molecule has 0 aliphatic heterocycles. The third kappa shape index (κ3) is 3.00. The molecule has 0 aliphatic carbocycles. The number of rotatable bonds is 3. The number of Topliss-reactive ketones (excluding diaryl/α,β-unsaturated/α-hetero) is 1. The van der Waals surface area contributed by atoms with E-state index in [0.717, 1.165) is 4.47 Å². The average molecular weight is 238 g/mol. The number of halogens is 1. The molecule has 1 aromatic heterocycles. The van der Waals surface area contributed by atoms with Crippen LogP contribution in [0, 0.1) is 12.3 Å². The summed E-state index contributed by atoms with van der Waals surface area (Å²) in [5.74, 6) is 2.46. The second-order valence-corrected chi connectivity index (χ2v) is 3.43. The fraction of sp³-hybridized carbons (Fsp3) is 0.200. The Labute approximate surface area is 85.5 Å². The zero-order valence-electron chi connectivity index (χ0n) is 6.96. The van der Waals surface area contributed by atoms with E-state index in [2.05, 4.69) is 26.8 Å². The first-order chi connectivity index (χ1) is 6.24. The van der Waals surface area contributed by atoms with Crippen molar-refractivity contribution in [1.82, 2.24) is 4.98 Å². The Morgan fingerprint density at radius 1 is 1.62 bits per heavy atom. The van der Waals surface area contributed by atoms with Crippen LogP contribution >= 0.6 is 15.9 Å². The first-order valence-electron chi connectivity index (χ1n) is 3.81. The Morgan fingerprint density at radius 3 is 3.00 bits per heavy atom. The van der Waals surface area contributed by atoms with Crippen LogP contribution in [0.15, 0.2) is 22.9 Å². The monoisotopic (exact) mass is 237 g/mol. The number of ketones is 1. The van der Waals surface area contributed by atoms with Crippen molar-refractivity contribution in [3.8, 4) is 12.3 Å². The topological polar surface area (TPSA) is 30.0 Å². The predicted octanol–water partition coefficient (Wildman–Crippen LogP) is 2.44. The van der Waals surface area contributed by atoms with Gasteiger partial charge in [-0.25, -0.2) is 0 Å². The van der Waals surface area contributed by atoms with Gasteiger partial charge >= 0.3 is 0 Å². The fourth-order valence-corrected chi connectivity index (χ4v) is 1.26. The molecule has 0 atom stereocenters. The van der Waals surface area contributed by atoms with Crippen LogP contribution < -0.4 is 0 Å². The molecule has 1 aromatic rings. The highest BCUT2D eigenvalue weighted by molar-refractivity contribution is 9.10. The van der Waals surface area contributed by atoms with Crippen molar-refractivity contribution in [1.29, 1.82) is 0 Å². The molecular formula is C10H8BrNO. The Morgan fingerprint density at radius 2 is 2.38 bits per heavy atom. The van der Waals surface area contributed by atoms with Gasteiger partial charge in [-0.1, -0.05) is 0 Å². The number of nitrogens with zero attached hydrogens (tertiary/aromatic N) is 1. The smallest absolute Gasteiger partial charge is 0.165 e. The van der Waals surface area contributed by atoms with Gasteiger partial charge in [-0.3, -0.25) is 9.78 Å². The summed E-state index contributed by atoms with van der Waals surface area (Å²) < 4.78 is 0.805. The maximum atomic E-state index is 11.4. The highest BCUT2D eigenvalue weighted by atomic mass is 79.9. The number of hydrogen-bond acceptors (Lipinski definition) is 2. The van der Waals surface area contributed by atoms with Crippen LogP contribution in [0.25, 0.3) is 0 Å². The van der Waals surface area contributed by atoms with E-state index in [-0.39, 0.29) is 5.78 Å². The summed E-state index contributed by atoms with van der Waals surface area (Å²) in [5, 5.41) is 0. The standard InChI is InChI=1S/C10H8BrNO/c1-2-3-4-10(13)8-5-9(11)7-12-6-8/h1,5-7H,3-4H2. The molecule has 0 unspecified atom stereocenters. The molecule has 13 heavy (non-hydrogen) atoms. The zero-order valence-corrected chi connectivity index (χ0v) is 8.54. The second-order valence-electron chi connectivity index (χ2n) is 2.52. The predicted molar refractivity (Wildman–Crippen MR) is 54.3 cm³/mol. The molecule has 0 fully saturated rings. The Kier molecular flexibility index (Phi) is 3.66. The lowest BCUT2D eigenvalue weighted by Gasteiger charge is -1.97. The van der Waals surface area contributed by atoms with Gasteiger partial charge in [0.25, 0.3) is 0 Å². The molecule has 0 spiro atoms. The van der Waals surface area contributed by atoms with E-state index < -0.39 is 0 Å². The van der Waals surface area contributed by atoms with Gasteiger partial charge in [0.05, 0.1) is 0 Å². The van der Waals surface area contributed by atoms with Gasteiger partial charge in [-0.15, -0.1) is 12.3 Å². The molecule has 1 rings (SSSR count). The average Bonchev–Trinajstić information content (AvgIpc) is 2.14. The normalized spacial score (nSPS) is 9.23. The molecule has 66 valence electrons. The maximum absolute atomic E-state index is 11.4. The number of pyridine rings is 1. The fourth-order valence-electron chi connectivity index (χ4n) is 0.894. The molecule has 2 nitrogen and oxygen atoms in total. The number of carbonyl (C=O) groups is 1. The van der Waals surface area contributed by atoms with Crippen molar-refractivity contribution in [2.45, 2.75) is 12.8 Å². The van der Waals surface area contributed by atoms with E-state index >= 15 is 0 Å². The van der Waals surface area contributed by atoms with E-state index in [1.165, 1.54) is 0 Å². The minimum atomic E-state index is 0.0340. The zero-order chi connectivity index (χ0) is 9.68. The molecule has 3 heteroatoms. The molecule has 0 N–H and O–H groups in total. The second kappa shape index (κ2) is 4.78. The Hall–Kier alpha value is -1.14. The summed E-state index contributed by atoms with van der Waals surface area (Å²) in [4.78, 5) is 15.3. The van der Waals surface area contributed by atoms with Gasteiger partial charge in [0, 0.05) is 35.3 Å². The summed E-state index contributed by atoms with van der Waals surface area (Å²) in [6.45, 7) is 0. The van der Waals surface area contributed by atoms with Gasteiger partial charge in [-0.05, 0) is 22.0 Å². The van der Waals surface area contributed by atoms with Gasteiger partial charge in [0.1, 0.15) is 0 Å². The molecule has 0 saturated heterocycles. The summed E-state index contributed by atoms with van der Waals surface area (Å²) >= 11 is 3.24. The van der Waals surface area contributed by atoms with Gasteiger partial charge in [0.15, 0.2) is 5.78 Å². The highest BCUT2D eigenvalue weighted by Crippen LogP contribution is 2.11. The third-order valence-corrected chi connectivity index (χ3v) is 1.96. The van der Waals surface area contributed by atoms with E-state index in [1.807, 2.05) is 0 Å². The molecule has 0 aromatic carbocycles. The lowest BCUT2D eigenvalue weighted by Crippen LogP contribution is -1.98. The number of aromatic nitrogens is 1. The van der Waals surface area contributed by atoms with Crippen LogP contribution in [0.5, 0.6) is 0 Å². The van der Waals surface area contributed by atoms with Crippen LogP contribution in [0.4, 0.5) is 0 Å². The SMILES string of the molecule is C#CCCC(=O)c1cncc(Br)c1. The highest BCUT2D eigenvalue weighted by Gasteiger charge is 2.04. The minimum Gasteiger partial charge on any atom is -0.294 e. The lowest BCUT2D eigenvalue weighted by molar-refractivity contribution is 0.0984. The van der Waals surface area contributed by atoms with Crippen LogP contribution in [0.1, 0.15) is 23.2 Å². The Balaban J connectivity index is 2.72. The first-order valence-corrected chi connectivity index (χ1v) is 4.60.